The number of carbonyl (C=O) groups excluding carboxylic acids is 1. The van der Waals surface area contributed by atoms with E-state index in [9.17, 15) is 9.59 Å². The number of anilines is 1. The van der Waals surface area contributed by atoms with Gasteiger partial charge in [0.25, 0.3) is 5.56 Å². The molecule has 1 unspecified atom stereocenters. The Morgan fingerprint density at radius 1 is 1.16 bits per heavy atom. The Balaban J connectivity index is 1.59. The van der Waals surface area contributed by atoms with Crippen LogP contribution in [0.4, 0.5) is 5.82 Å². The molecule has 0 bridgehead atoms. The number of amides is 1. The normalized spacial score (nSPS) is 15.3. The van der Waals surface area contributed by atoms with E-state index in [1.807, 2.05) is 62.5 Å². The summed E-state index contributed by atoms with van der Waals surface area (Å²) in [6.45, 7) is 2.42. The molecule has 0 spiro atoms. The van der Waals surface area contributed by atoms with E-state index in [2.05, 4.69) is 10.3 Å². The molecule has 1 amide bonds. The zero-order valence-electron chi connectivity index (χ0n) is 17.2. The molecule has 4 rings (SSSR count). The third-order valence-corrected chi connectivity index (χ3v) is 6.34. The molecule has 1 aromatic heterocycles. The molecular weight excluding hydrogens is 434 g/mol. The second-order valence-electron chi connectivity index (χ2n) is 7.24. The first-order valence-corrected chi connectivity index (χ1v) is 11.3. The van der Waals surface area contributed by atoms with Crippen LogP contribution in [0.5, 0.6) is 5.75 Å². The number of nitrogens with one attached hydrogen (secondary N) is 1. The quantitative estimate of drug-likeness (QED) is 0.434. The van der Waals surface area contributed by atoms with Gasteiger partial charge in [0.05, 0.1) is 5.56 Å². The SMILES string of the molecule is CCSc1nc(=O)c2c(n1C)NC(=O)CC2c1ccc(OCc2ccc(Cl)cc2)cc1. The van der Waals surface area contributed by atoms with E-state index in [0.717, 1.165) is 16.9 Å². The Morgan fingerprint density at radius 3 is 2.55 bits per heavy atom. The molecule has 8 heteroatoms. The van der Waals surface area contributed by atoms with Gasteiger partial charge in [-0.2, -0.15) is 4.98 Å². The molecule has 3 aromatic rings. The standard InChI is InChI=1S/C23H22ClN3O3S/c1-3-31-23-26-22(29)20-18(12-19(28)25-21(20)27(23)2)15-6-10-17(11-7-15)30-13-14-4-8-16(24)9-5-14/h4-11,18H,3,12-13H2,1-2H3,(H,25,28). The van der Waals surface area contributed by atoms with Crippen molar-refractivity contribution in [3.63, 3.8) is 0 Å². The number of ether oxygens (including phenoxy) is 1. The molecule has 1 aliphatic rings. The summed E-state index contributed by atoms with van der Waals surface area (Å²) < 4.78 is 7.64. The minimum Gasteiger partial charge on any atom is -0.489 e. The van der Waals surface area contributed by atoms with Crippen molar-refractivity contribution in [3.05, 3.63) is 80.6 Å². The first kappa shape index (κ1) is 21.5. The molecule has 6 nitrogen and oxygen atoms in total. The van der Waals surface area contributed by atoms with Gasteiger partial charge in [0.1, 0.15) is 18.2 Å². The van der Waals surface area contributed by atoms with Gasteiger partial charge in [-0.05, 0) is 41.1 Å². The van der Waals surface area contributed by atoms with Gasteiger partial charge in [-0.1, -0.05) is 54.6 Å². The maximum absolute atomic E-state index is 12.8. The number of nitrogens with zero attached hydrogens (tertiary/aromatic N) is 2. The fourth-order valence-corrected chi connectivity index (χ4v) is 4.44. The van der Waals surface area contributed by atoms with Crippen LogP contribution in [0, 0.1) is 0 Å². The summed E-state index contributed by atoms with van der Waals surface area (Å²) in [6.07, 6.45) is 0.204. The van der Waals surface area contributed by atoms with E-state index in [1.165, 1.54) is 11.8 Å². The summed E-state index contributed by atoms with van der Waals surface area (Å²) in [7, 11) is 1.82. The first-order valence-electron chi connectivity index (χ1n) is 9.97. The van der Waals surface area contributed by atoms with Crippen LogP contribution >= 0.6 is 23.4 Å². The molecular formula is C23H22ClN3O3S. The minimum absolute atomic E-state index is 0.116. The number of benzene rings is 2. The van der Waals surface area contributed by atoms with Crippen molar-refractivity contribution in [3.8, 4) is 5.75 Å². The van der Waals surface area contributed by atoms with Crippen molar-refractivity contribution >= 4 is 35.1 Å². The topological polar surface area (TPSA) is 73.2 Å². The van der Waals surface area contributed by atoms with E-state index < -0.39 is 0 Å². The Bertz CT molecular complexity index is 1160. The van der Waals surface area contributed by atoms with Crippen LogP contribution in [0.3, 0.4) is 0 Å². The average Bonchev–Trinajstić information content (AvgIpc) is 2.77. The second-order valence-corrected chi connectivity index (χ2v) is 8.91. The number of thioether (sulfide) groups is 1. The molecule has 2 aromatic carbocycles. The van der Waals surface area contributed by atoms with E-state index in [-0.39, 0.29) is 23.8 Å². The van der Waals surface area contributed by atoms with Gasteiger partial charge in [-0.25, -0.2) is 0 Å². The number of halogens is 1. The van der Waals surface area contributed by atoms with Crippen molar-refractivity contribution in [2.45, 2.75) is 31.0 Å². The summed E-state index contributed by atoms with van der Waals surface area (Å²) in [6, 6.07) is 15.0. The van der Waals surface area contributed by atoms with E-state index in [1.54, 1.807) is 4.57 Å². The van der Waals surface area contributed by atoms with E-state index in [0.29, 0.717) is 33.9 Å². The molecule has 1 N–H and O–H groups in total. The highest BCUT2D eigenvalue weighted by molar-refractivity contribution is 7.99. The summed E-state index contributed by atoms with van der Waals surface area (Å²) in [4.78, 5) is 29.5. The van der Waals surface area contributed by atoms with Gasteiger partial charge in [-0.15, -0.1) is 0 Å². The Labute approximate surface area is 189 Å². The molecule has 0 fully saturated rings. The molecule has 2 heterocycles. The number of hydrogen-bond donors (Lipinski definition) is 1. The van der Waals surface area contributed by atoms with Crippen molar-refractivity contribution in [1.29, 1.82) is 0 Å². The Kier molecular flexibility index (Phi) is 6.34. The Hall–Kier alpha value is -2.77. The van der Waals surface area contributed by atoms with Crippen molar-refractivity contribution in [2.75, 3.05) is 11.1 Å². The first-order chi connectivity index (χ1) is 15.0. The van der Waals surface area contributed by atoms with E-state index >= 15 is 0 Å². The average molecular weight is 456 g/mol. The number of aromatic nitrogens is 2. The predicted octanol–water partition coefficient (Wildman–Crippen LogP) is 4.60. The van der Waals surface area contributed by atoms with Crippen molar-refractivity contribution in [1.82, 2.24) is 9.55 Å². The van der Waals surface area contributed by atoms with Crippen molar-refractivity contribution < 1.29 is 9.53 Å². The number of fused-ring (bicyclic) bond motifs is 1. The van der Waals surface area contributed by atoms with Crippen molar-refractivity contribution in [2.24, 2.45) is 7.05 Å². The van der Waals surface area contributed by atoms with Crippen LogP contribution in [0.2, 0.25) is 5.02 Å². The summed E-state index contributed by atoms with van der Waals surface area (Å²) in [5, 5.41) is 4.14. The van der Waals surface area contributed by atoms with Crippen LogP contribution in [-0.2, 0) is 18.4 Å². The van der Waals surface area contributed by atoms with Crippen LogP contribution in [0.15, 0.2) is 58.5 Å². The van der Waals surface area contributed by atoms with E-state index in [4.69, 9.17) is 16.3 Å². The van der Waals surface area contributed by atoms with Gasteiger partial charge in [0.2, 0.25) is 5.91 Å². The van der Waals surface area contributed by atoms with Gasteiger partial charge < -0.3 is 14.6 Å². The highest BCUT2D eigenvalue weighted by Gasteiger charge is 2.32. The maximum atomic E-state index is 12.8. The molecule has 0 aliphatic carbocycles. The van der Waals surface area contributed by atoms with Gasteiger partial charge >= 0.3 is 0 Å². The van der Waals surface area contributed by atoms with Gasteiger partial charge in [0, 0.05) is 24.4 Å². The lowest BCUT2D eigenvalue weighted by atomic mass is 9.87. The number of hydrogen-bond acceptors (Lipinski definition) is 5. The van der Waals surface area contributed by atoms with Crippen LogP contribution < -0.4 is 15.6 Å². The molecule has 31 heavy (non-hydrogen) atoms. The Morgan fingerprint density at radius 2 is 1.87 bits per heavy atom. The fourth-order valence-electron chi connectivity index (χ4n) is 3.62. The van der Waals surface area contributed by atoms with Crippen LogP contribution in [0.25, 0.3) is 0 Å². The monoisotopic (exact) mass is 455 g/mol. The maximum Gasteiger partial charge on any atom is 0.279 e. The molecule has 0 saturated carbocycles. The number of carbonyl (C=O) groups is 1. The van der Waals surface area contributed by atoms with Crippen LogP contribution in [0.1, 0.15) is 36.0 Å². The summed E-state index contributed by atoms with van der Waals surface area (Å²) in [5.41, 5.74) is 2.13. The highest BCUT2D eigenvalue weighted by Crippen LogP contribution is 2.36. The zero-order chi connectivity index (χ0) is 22.0. The summed E-state index contributed by atoms with van der Waals surface area (Å²) in [5.74, 6) is 1.56. The van der Waals surface area contributed by atoms with Gasteiger partial charge in [0.15, 0.2) is 5.16 Å². The lowest BCUT2D eigenvalue weighted by Crippen LogP contribution is -2.33. The number of rotatable bonds is 6. The molecule has 1 atom stereocenters. The largest absolute Gasteiger partial charge is 0.489 e. The fraction of sp³-hybridized carbons (Fsp3) is 0.261. The molecule has 0 saturated heterocycles. The molecule has 1 aliphatic heterocycles. The van der Waals surface area contributed by atoms with Gasteiger partial charge in [-0.3, -0.25) is 9.59 Å². The molecule has 0 radical (unpaired) electrons. The predicted molar refractivity (Wildman–Crippen MR) is 123 cm³/mol. The smallest absolute Gasteiger partial charge is 0.279 e. The molecule has 160 valence electrons. The third-order valence-electron chi connectivity index (χ3n) is 5.18. The zero-order valence-corrected chi connectivity index (χ0v) is 18.8. The highest BCUT2D eigenvalue weighted by atomic mass is 35.5. The lowest BCUT2D eigenvalue weighted by Gasteiger charge is -2.27. The lowest BCUT2D eigenvalue weighted by molar-refractivity contribution is -0.116. The second kappa shape index (κ2) is 9.16. The third kappa shape index (κ3) is 4.62. The summed E-state index contributed by atoms with van der Waals surface area (Å²) >= 11 is 7.38. The minimum atomic E-state index is -0.346. The van der Waals surface area contributed by atoms with Crippen LogP contribution in [-0.4, -0.2) is 21.2 Å².